The minimum atomic E-state index is 0.0365. The predicted molar refractivity (Wildman–Crippen MR) is 88.0 cm³/mol. The average Bonchev–Trinajstić information content (AvgIpc) is 2.91. The predicted octanol–water partition coefficient (Wildman–Crippen LogP) is 4.14. The summed E-state index contributed by atoms with van der Waals surface area (Å²) in [7, 11) is 0. The Morgan fingerprint density at radius 2 is 1.71 bits per heavy atom. The van der Waals surface area contributed by atoms with Crippen molar-refractivity contribution in [2.75, 3.05) is 12.0 Å². The average molecular weight is 341 g/mol. The van der Waals surface area contributed by atoms with E-state index in [-0.39, 0.29) is 5.41 Å². The molecule has 0 saturated heterocycles. The molecule has 0 atom stereocenters. The third kappa shape index (κ3) is 2.68. The Labute approximate surface area is 138 Å². The number of carbonyl (C=O) groups is 1. The van der Waals surface area contributed by atoms with Crippen LogP contribution in [0.3, 0.4) is 0 Å². The van der Waals surface area contributed by atoms with Gasteiger partial charge >= 0.3 is 0 Å². The van der Waals surface area contributed by atoms with E-state index in [1.807, 2.05) is 6.26 Å². The number of nitrogens with zero attached hydrogens (tertiary/aromatic N) is 2. The summed E-state index contributed by atoms with van der Waals surface area (Å²) in [6, 6.07) is 0. The number of ketones is 1. The van der Waals surface area contributed by atoms with Gasteiger partial charge in [-0.1, -0.05) is 34.9 Å². The molecule has 1 aromatic rings. The first-order valence-corrected chi connectivity index (χ1v) is 10.7. The maximum atomic E-state index is 12.9. The molecular weight excluding hydrogens is 320 g/mol. The Hall–Kier alpha value is -0.0700. The summed E-state index contributed by atoms with van der Waals surface area (Å²) in [5.74, 6) is 3.61. The number of Topliss-reactive ketones (excluding diaryl/α,β-unsaturated/α-hetero) is 1. The SMILES string of the molecule is CSc1nnc(SCC(=O)C23CC4CC(CC(C4)C2)C3)s1. The molecule has 3 nitrogen and oxygen atoms in total. The highest BCUT2D eigenvalue weighted by Gasteiger charge is 2.54. The molecule has 0 aromatic carbocycles. The summed E-state index contributed by atoms with van der Waals surface area (Å²) >= 11 is 4.82. The molecular formula is C15H20N2OS3. The van der Waals surface area contributed by atoms with E-state index in [0.717, 1.165) is 26.4 Å². The van der Waals surface area contributed by atoms with E-state index in [2.05, 4.69) is 10.2 Å². The van der Waals surface area contributed by atoms with E-state index in [0.29, 0.717) is 11.5 Å². The second-order valence-corrected chi connectivity index (χ2v) is 10.2. The van der Waals surface area contributed by atoms with Gasteiger partial charge in [0, 0.05) is 5.41 Å². The molecule has 4 aliphatic carbocycles. The Kier molecular flexibility index (Phi) is 3.82. The van der Waals surface area contributed by atoms with Gasteiger partial charge in [-0.2, -0.15) is 0 Å². The van der Waals surface area contributed by atoms with Crippen LogP contribution < -0.4 is 0 Å². The van der Waals surface area contributed by atoms with Crippen molar-refractivity contribution >= 4 is 40.6 Å². The number of carbonyl (C=O) groups excluding carboxylic acids is 1. The van der Waals surface area contributed by atoms with Gasteiger partial charge in [0.1, 0.15) is 5.78 Å². The van der Waals surface area contributed by atoms with Gasteiger partial charge in [0.2, 0.25) is 0 Å². The Morgan fingerprint density at radius 3 is 2.24 bits per heavy atom. The van der Waals surface area contributed by atoms with Crippen molar-refractivity contribution < 1.29 is 4.79 Å². The molecule has 1 heterocycles. The van der Waals surface area contributed by atoms with Crippen molar-refractivity contribution in [3.63, 3.8) is 0 Å². The van der Waals surface area contributed by atoms with E-state index in [4.69, 9.17) is 0 Å². The van der Waals surface area contributed by atoms with Gasteiger partial charge in [-0.3, -0.25) is 4.79 Å². The lowest BCUT2D eigenvalue weighted by Gasteiger charge is -2.56. The molecule has 4 bridgehead atoms. The van der Waals surface area contributed by atoms with Gasteiger partial charge in [0.25, 0.3) is 0 Å². The van der Waals surface area contributed by atoms with Crippen LogP contribution in [-0.4, -0.2) is 28.0 Å². The summed E-state index contributed by atoms with van der Waals surface area (Å²) in [4.78, 5) is 12.9. The van der Waals surface area contributed by atoms with Gasteiger partial charge in [0.05, 0.1) is 5.75 Å². The monoisotopic (exact) mass is 340 g/mol. The van der Waals surface area contributed by atoms with Crippen LogP contribution in [0.4, 0.5) is 0 Å². The van der Waals surface area contributed by atoms with Crippen LogP contribution in [0.2, 0.25) is 0 Å². The molecule has 4 fully saturated rings. The quantitative estimate of drug-likeness (QED) is 0.754. The number of rotatable bonds is 5. The van der Waals surface area contributed by atoms with E-state index in [9.17, 15) is 4.79 Å². The van der Waals surface area contributed by atoms with Crippen molar-refractivity contribution in [2.45, 2.75) is 47.2 Å². The van der Waals surface area contributed by atoms with Gasteiger partial charge in [-0.25, -0.2) is 0 Å². The van der Waals surface area contributed by atoms with Crippen molar-refractivity contribution in [2.24, 2.45) is 23.2 Å². The topological polar surface area (TPSA) is 42.9 Å². The van der Waals surface area contributed by atoms with Crippen LogP contribution in [0.25, 0.3) is 0 Å². The molecule has 0 N–H and O–H groups in total. The second-order valence-electron chi connectivity index (χ2n) is 6.95. The van der Waals surface area contributed by atoms with Crippen LogP contribution in [0, 0.1) is 23.2 Å². The van der Waals surface area contributed by atoms with Crippen molar-refractivity contribution in [3.05, 3.63) is 0 Å². The van der Waals surface area contributed by atoms with Crippen LogP contribution in [0.5, 0.6) is 0 Å². The smallest absolute Gasteiger partial charge is 0.175 e. The number of hydrogen-bond acceptors (Lipinski definition) is 6. The lowest BCUT2D eigenvalue weighted by molar-refractivity contribution is -0.141. The second kappa shape index (κ2) is 5.53. The molecule has 21 heavy (non-hydrogen) atoms. The Bertz CT molecular complexity index is 522. The van der Waals surface area contributed by atoms with Gasteiger partial charge < -0.3 is 0 Å². The van der Waals surface area contributed by atoms with E-state index in [1.165, 1.54) is 38.5 Å². The van der Waals surface area contributed by atoms with E-state index < -0.39 is 0 Å². The fraction of sp³-hybridized carbons (Fsp3) is 0.800. The molecule has 0 amide bonds. The van der Waals surface area contributed by atoms with Crippen LogP contribution >= 0.6 is 34.9 Å². The summed E-state index contributed by atoms with van der Waals surface area (Å²) in [5, 5.41) is 8.27. The molecule has 6 heteroatoms. The third-order valence-corrected chi connectivity index (χ3v) is 8.55. The van der Waals surface area contributed by atoms with Crippen LogP contribution in [0.1, 0.15) is 38.5 Å². The fourth-order valence-electron chi connectivity index (χ4n) is 5.07. The van der Waals surface area contributed by atoms with Crippen LogP contribution in [-0.2, 0) is 4.79 Å². The molecule has 0 radical (unpaired) electrons. The van der Waals surface area contributed by atoms with E-state index in [1.54, 1.807) is 34.9 Å². The summed E-state index contributed by atoms with van der Waals surface area (Å²) < 4.78 is 1.93. The molecule has 4 saturated carbocycles. The molecule has 0 spiro atoms. The first-order valence-electron chi connectivity index (χ1n) is 7.70. The van der Waals surface area contributed by atoms with E-state index >= 15 is 0 Å². The van der Waals surface area contributed by atoms with Crippen molar-refractivity contribution in [1.29, 1.82) is 0 Å². The molecule has 0 aliphatic heterocycles. The summed E-state index contributed by atoms with van der Waals surface area (Å²) in [5.41, 5.74) is 0.0365. The molecule has 1 aromatic heterocycles. The largest absolute Gasteiger partial charge is 0.298 e. The highest BCUT2D eigenvalue weighted by atomic mass is 32.2. The summed E-state index contributed by atoms with van der Waals surface area (Å²) in [6.45, 7) is 0. The first kappa shape index (κ1) is 14.5. The standard InChI is InChI=1S/C15H20N2OS3/c1-19-13-16-17-14(21-13)20-8-12(18)15-5-9-2-10(6-15)4-11(3-9)7-15/h9-11H,2-8H2,1H3. The first-order chi connectivity index (χ1) is 10.2. The maximum absolute atomic E-state index is 12.9. The number of thioether (sulfide) groups is 2. The number of aromatic nitrogens is 2. The fourth-order valence-corrected chi connectivity index (χ4v) is 7.54. The lowest BCUT2D eigenvalue weighted by Crippen LogP contribution is -2.50. The van der Waals surface area contributed by atoms with Gasteiger partial charge in [0.15, 0.2) is 8.68 Å². The third-order valence-electron chi connectivity index (χ3n) is 5.52. The maximum Gasteiger partial charge on any atom is 0.175 e. The highest BCUT2D eigenvalue weighted by Crippen LogP contribution is 2.60. The van der Waals surface area contributed by atoms with Crippen molar-refractivity contribution in [1.82, 2.24) is 10.2 Å². The number of hydrogen-bond donors (Lipinski definition) is 0. The zero-order chi connectivity index (χ0) is 14.4. The Morgan fingerprint density at radius 1 is 1.14 bits per heavy atom. The van der Waals surface area contributed by atoms with Gasteiger partial charge in [-0.15, -0.1) is 10.2 Å². The lowest BCUT2D eigenvalue weighted by atomic mass is 9.48. The molecule has 114 valence electrons. The minimum Gasteiger partial charge on any atom is -0.298 e. The molecule has 5 rings (SSSR count). The molecule has 0 unspecified atom stereocenters. The minimum absolute atomic E-state index is 0.0365. The normalized spacial score (nSPS) is 37.1. The van der Waals surface area contributed by atoms with Gasteiger partial charge in [-0.05, 0) is 62.5 Å². The zero-order valence-corrected chi connectivity index (χ0v) is 14.7. The zero-order valence-electron chi connectivity index (χ0n) is 12.2. The highest BCUT2D eigenvalue weighted by molar-refractivity contribution is 8.03. The Balaban J connectivity index is 1.43. The summed E-state index contributed by atoms with van der Waals surface area (Å²) in [6.07, 6.45) is 9.71. The molecule has 4 aliphatic rings. The van der Waals surface area contributed by atoms with Crippen LogP contribution in [0.15, 0.2) is 8.68 Å². The van der Waals surface area contributed by atoms with Crippen molar-refractivity contribution in [3.8, 4) is 0 Å².